The second kappa shape index (κ2) is 8.38. The summed E-state index contributed by atoms with van der Waals surface area (Å²) in [5.74, 6) is 1.86. The van der Waals surface area contributed by atoms with Crippen LogP contribution >= 0.6 is 0 Å². The zero-order chi connectivity index (χ0) is 24.3. The molecule has 0 spiro atoms. The summed E-state index contributed by atoms with van der Waals surface area (Å²) in [7, 11) is 0. The van der Waals surface area contributed by atoms with Crippen molar-refractivity contribution in [2.75, 3.05) is 31.1 Å². The van der Waals surface area contributed by atoms with Gasteiger partial charge in [0.15, 0.2) is 6.19 Å². The van der Waals surface area contributed by atoms with Crippen LogP contribution in [0.1, 0.15) is 44.6 Å². The van der Waals surface area contributed by atoms with Crippen molar-refractivity contribution in [2.24, 2.45) is 17.8 Å². The molecule has 5 aliphatic rings. The van der Waals surface area contributed by atoms with Gasteiger partial charge in [-0.15, -0.1) is 0 Å². The highest BCUT2D eigenvalue weighted by Crippen LogP contribution is 2.57. The molecule has 4 saturated carbocycles. The number of alkyl halides is 3. The van der Waals surface area contributed by atoms with Gasteiger partial charge in [-0.25, -0.2) is 4.98 Å². The van der Waals surface area contributed by atoms with Gasteiger partial charge in [0.2, 0.25) is 0 Å². The average molecular weight is 477 g/mol. The fourth-order valence-electron chi connectivity index (χ4n) is 7.11. The molecule has 34 heavy (non-hydrogen) atoms. The van der Waals surface area contributed by atoms with Crippen molar-refractivity contribution < 1.29 is 18.3 Å². The first-order chi connectivity index (χ1) is 16.1. The number of nitrogens with zero attached hydrogens (tertiary/aromatic N) is 5. The number of nitriles is 1. The highest BCUT2D eigenvalue weighted by Gasteiger charge is 2.57. The zero-order valence-electron chi connectivity index (χ0n) is 19.3. The molecule has 1 saturated heterocycles. The van der Waals surface area contributed by atoms with Gasteiger partial charge in [-0.3, -0.25) is 15.2 Å². The fraction of sp³-hybridized carbons (Fsp3) is 0.708. The van der Waals surface area contributed by atoms with Gasteiger partial charge in [-0.1, -0.05) is 0 Å². The Kier molecular flexibility index (Phi) is 5.76. The summed E-state index contributed by atoms with van der Waals surface area (Å²) >= 11 is 0. The standard InChI is InChI=1S/C24H31F3N6O/c1-15(31-4-6-32(7-5-31)20-3-2-19(13-30-20)24(25,26)27)22(29)33(14-28)21-17-8-16-9-18(21)12-23(34,10-16)11-17/h2-3,13,15-18,21,29,34H,4-12H2,1H3. The molecule has 4 aliphatic carbocycles. The van der Waals surface area contributed by atoms with E-state index in [1.165, 1.54) is 6.07 Å². The van der Waals surface area contributed by atoms with E-state index in [2.05, 4.69) is 16.1 Å². The fourth-order valence-corrected chi connectivity index (χ4v) is 7.11. The van der Waals surface area contributed by atoms with Crippen LogP contribution in [-0.2, 0) is 6.18 Å². The summed E-state index contributed by atoms with van der Waals surface area (Å²) in [5.41, 5.74) is -1.34. The number of pyridine rings is 1. The molecule has 3 unspecified atom stereocenters. The molecule has 184 valence electrons. The topological polar surface area (TPSA) is 90.5 Å². The summed E-state index contributed by atoms with van der Waals surface area (Å²) in [6.45, 7) is 4.38. The molecular formula is C24H31F3N6O. The first-order valence-corrected chi connectivity index (χ1v) is 12.1. The summed E-state index contributed by atoms with van der Waals surface area (Å²) in [6, 6.07) is 2.21. The largest absolute Gasteiger partial charge is 0.417 e. The van der Waals surface area contributed by atoms with E-state index < -0.39 is 17.3 Å². The SMILES string of the molecule is CC(C(=N)N(C#N)C1C2CC3CC1CC(O)(C3)C2)N1CCN(c2ccc(C(F)(F)F)cn2)CC1. The van der Waals surface area contributed by atoms with Crippen molar-refractivity contribution in [2.45, 2.75) is 62.9 Å². The molecule has 4 bridgehead atoms. The summed E-state index contributed by atoms with van der Waals surface area (Å²) < 4.78 is 38.4. The Morgan fingerprint density at radius 1 is 1.21 bits per heavy atom. The van der Waals surface area contributed by atoms with Crippen molar-refractivity contribution in [3.05, 3.63) is 23.9 Å². The predicted octanol–water partition coefficient (Wildman–Crippen LogP) is 3.31. The number of hydrogen-bond acceptors (Lipinski definition) is 6. The van der Waals surface area contributed by atoms with Crippen LogP contribution < -0.4 is 4.90 Å². The molecule has 0 radical (unpaired) electrons. The summed E-state index contributed by atoms with van der Waals surface area (Å²) in [5, 5.41) is 29.8. The normalized spacial score (nSPS) is 34.1. The van der Waals surface area contributed by atoms with Crippen LogP contribution in [0.2, 0.25) is 0 Å². The number of aromatic nitrogens is 1. The lowest BCUT2D eigenvalue weighted by atomic mass is 9.52. The van der Waals surface area contributed by atoms with Crippen LogP contribution in [0.4, 0.5) is 19.0 Å². The minimum Gasteiger partial charge on any atom is -0.390 e. The molecule has 10 heteroatoms. The van der Waals surface area contributed by atoms with E-state index in [0.717, 1.165) is 44.4 Å². The molecule has 3 atom stereocenters. The van der Waals surface area contributed by atoms with E-state index in [1.54, 1.807) is 4.90 Å². The average Bonchev–Trinajstić information content (AvgIpc) is 2.79. The quantitative estimate of drug-likeness (QED) is 0.300. The molecule has 6 rings (SSSR count). The maximum Gasteiger partial charge on any atom is 0.417 e. The number of rotatable bonds is 4. The van der Waals surface area contributed by atoms with E-state index in [-0.39, 0.29) is 23.9 Å². The molecule has 2 N–H and O–H groups in total. The van der Waals surface area contributed by atoms with E-state index in [4.69, 9.17) is 5.41 Å². The monoisotopic (exact) mass is 476 g/mol. The highest BCUT2D eigenvalue weighted by molar-refractivity contribution is 5.86. The van der Waals surface area contributed by atoms with Crippen molar-refractivity contribution in [3.63, 3.8) is 0 Å². The lowest BCUT2D eigenvalue weighted by Gasteiger charge is -2.59. The first kappa shape index (κ1) is 23.4. The minimum absolute atomic E-state index is 0.00517. The summed E-state index contributed by atoms with van der Waals surface area (Å²) in [6.07, 6.45) is 3.16. The van der Waals surface area contributed by atoms with Gasteiger partial charge in [0.05, 0.1) is 23.2 Å². The van der Waals surface area contributed by atoms with Crippen molar-refractivity contribution in [1.82, 2.24) is 14.8 Å². The van der Waals surface area contributed by atoms with Crippen molar-refractivity contribution >= 4 is 11.7 Å². The van der Waals surface area contributed by atoms with Gasteiger partial charge in [-0.2, -0.15) is 18.4 Å². The molecule has 1 aromatic heterocycles. The Morgan fingerprint density at radius 2 is 1.85 bits per heavy atom. The van der Waals surface area contributed by atoms with Gasteiger partial charge >= 0.3 is 6.18 Å². The minimum atomic E-state index is -4.40. The molecular weight excluding hydrogens is 445 g/mol. The van der Waals surface area contributed by atoms with E-state index in [0.29, 0.717) is 43.8 Å². The number of piperazine rings is 1. The van der Waals surface area contributed by atoms with Crippen LogP contribution in [0.3, 0.4) is 0 Å². The third-order valence-corrected chi connectivity index (χ3v) is 8.51. The van der Waals surface area contributed by atoms with Crippen molar-refractivity contribution in [3.8, 4) is 6.19 Å². The lowest BCUT2D eigenvalue weighted by molar-refractivity contribution is -0.147. The lowest BCUT2D eigenvalue weighted by Crippen LogP contribution is -2.63. The van der Waals surface area contributed by atoms with E-state index >= 15 is 0 Å². The van der Waals surface area contributed by atoms with Gasteiger partial charge < -0.3 is 10.0 Å². The van der Waals surface area contributed by atoms with Gasteiger partial charge in [-0.05, 0) is 68.9 Å². The van der Waals surface area contributed by atoms with Gasteiger partial charge in [0, 0.05) is 32.4 Å². The Morgan fingerprint density at radius 3 is 2.35 bits per heavy atom. The third-order valence-electron chi connectivity index (χ3n) is 8.51. The maximum absolute atomic E-state index is 12.8. The van der Waals surface area contributed by atoms with Gasteiger partial charge in [0.1, 0.15) is 11.7 Å². The Labute approximate surface area is 197 Å². The Bertz CT molecular complexity index is 952. The number of halogens is 3. The first-order valence-electron chi connectivity index (χ1n) is 12.1. The molecule has 0 aromatic carbocycles. The number of hydrogen-bond donors (Lipinski definition) is 2. The highest BCUT2D eigenvalue weighted by atomic mass is 19.4. The second-order valence-electron chi connectivity index (χ2n) is 10.6. The van der Waals surface area contributed by atoms with Crippen LogP contribution in [0, 0.1) is 34.6 Å². The molecule has 2 heterocycles. The predicted molar refractivity (Wildman–Crippen MR) is 120 cm³/mol. The van der Waals surface area contributed by atoms with E-state index in [9.17, 15) is 23.5 Å². The molecule has 7 nitrogen and oxygen atoms in total. The van der Waals surface area contributed by atoms with Crippen LogP contribution in [0.15, 0.2) is 18.3 Å². The molecule has 5 fully saturated rings. The smallest absolute Gasteiger partial charge is 0.390 e. The number of aliphatic hydroxyl groups is 1. The second-order valence-corrected chi connectivity index (χ2v) is 10.6. The number of anilines is 1. The summed E-state index contributed by atoms with van der Waals surface area (Å²) in [4.78, 5) is 9.72. The maximum atomic E-state index is 12.8. The zero-order valence-corrected chi connectivity index (χ0v) is 19.3. The van der Waals surface area contributed by atoms with E-state index in [1.807, 2.05) is 11.8 Å². The van der Waals surface area contributed by atoms with Gasteiger partial charge in [0.25, 0.3) is 0 Å². The Hall–Kier alpha value is -2.38. The molecule has 1 aliphatic heterocycles. The Balaban J connectivity index is 1.21. The van der Waals surface area contributed by atoms with Crippen LogP contribution in [0.5, 0.6) is 0 Å². The van der Waals surface area contributed by atoms with Crippen molar-refractivity contribution in [1.29, 1.82) is 10.7 Å². The molecule has 0 amide bonds. The number of nitrogens with one attached hydrogen (secondary N) is 1. The van der Waals surface area contributed by atoms with Crippen LogP contribution in [-0.4, -0.2) is 69.6 Å². The third kappa shape index (κ3) is 4.13. The molecule has 1 aromatic rings. The van der Waals surface area contributed by atoms with Crippen LogP contribution in [0.25, 0.3) is 0 Å². The number of amidine groups is 1.